The number of carbonyl (C=O) groups is 1. The summed E-state index contributed by atoms with van der Waals surface area (Å²) < 4.78 is 10.1. The average Bonchev–Trinajstić information content (AvgIpc) is 2.47. The highest BCUT2D eigenvalue weighted by molar-refractivity contribution is 6.32. The van der Waals surface area contributed by atoms with Crippen LogP contribution in [0.15, 0.2) is 42.5 Å². The van der Waals surface area contributed by atoms with Gasteiger partial charge in [0.05, 0.1) is 19.2 Å². The van der Waals surface area contributed by atoms with Crippen molar-refractivity contribution in [1.29, 1.82) is 0 Å². The van der Waals surface area contributed by atoms with Gasteiger partial charge in [-0.25, -0.2) is 0 Å². The molecule has 1 N–H and O–H groups in total. The zero-order valence-corrected chi connectivity index (χ0v) is 11.9. The first-order chi connectivity index (χ1) is 9.63. The molecule has 20 heavy (non-hydrogen) atoms. The Morgan fingerprint density at radius 2 is 1.90 bits per heavy atom. The predicted octanol–water partition coefficient (Wildman–Crippen LogP) is 3.61. The van der Waals surface area contributed by atoms with Crippen molar-refractivity contribution >= 4 is 23.2 Å². The number of methoxy groups -OCH3 is 2. The molecule has 2 aromatic rings. The van der Waals surface area contributed by atoms with Crippen LogP contribution in [0.5, 0.6) is 11.5 Å². The Labute approximate surface area is 122 Å². The Bertz CT molecular complexity index is 628. The molecule has 104 valence electrons. The van der Waals surface area contributed by atoms with Crippen LogP contribution in [0.4, 0.5) is 5.69 Å². The Morgan fingerprint density at radius 1 is 1.10 bits per heavy atom. The normalized spacial score (nSPS) is 9.95. The molecular weight excluding hydrogens is 278 g/mol. The smallest absolute Gasteiger partial charge is 0.255 e. The molecule has 0 unspecified atom stereocenters. The van der Waals surface area contributed by atoms with Crippen LogP contribution in [0.2, 0.25) is 5.02 Å². The lowest BCUT2D eigenvalue weighted by atomic mass is 10.2. The number of rotatable bonds is 4. The van der Waals surface area contributed by atoms with Crippen LogP contribution in [-0.4, -0.2) is 20.1 Å². The first-order valence-electron chi connectivity index (χ1n) is 5.93. The first-order valence-corrected chi connectivity index (χ1v) is 6.31. The molecule has 2 aromatic carbocycles. The van der Waals surface area contributed by atoms with Crippen LogP contribution < -0.4 is 14.8 Å². The van der Waals surface area contributed by atoms with Crippen LogP contribution in [0.1, 0.15) is 10.4 Å². The summed E-state index contributed by atoms with van der Waals surface area (Å²) >= 11 is 6.01. The van der Waals surface area contributed by atoms with Crippen LogP contribution in [0.3, 0.4) is 0 Å². The lowest BCUT2D eigenvalue weighted by Gasteiger charge is -2.08. The molecule has 1 amide bonds. The highest BCUT2D eigenvalue weighted by Crippen LogP contribution is 2.27. The van der Waals surface area contributed by atoms with E-state index in [-0.39, 0.29) is 5.91 Å². The Morgan fingerprint density at radius 3 is 2.55 bits per heavy atom. The minimum atomic E-state index is -0.231. The second-order valence-electron chi connectivity index (χ2n) is 4.04. The number of ether oxygens (including phenoxy) is 2. The summed E-state index contributed by atoms with van der Waals surface area (Å²) in [6.45, 7) is 0. The summed E-state index contributed by atoms with van der Waals surface area (Å²) in [7, 11) is 3.09. The lowest BCUT2D eigenvalue weighted by Crippen LogP contribution is -2.11. The zero-order valence-electron chi connectivity index (χ0n) is 11.1. The average molecular weight is 292 g/mol. The summed E-state index contributed by atoms with van der Waals surface area (Å²) in [5.41, 5.74) is 1.11. The van der Waals surface area contributed by atoms with Crippen molar-refractivity contribution in [2.75, 3.05) is 19.5 Å². The summed E-state index contributed by atoms with van der Waals surface area (Å²) in [5.74, 6) is 0.960. The summed E-state index contributed by atoms with van der Waals surface area (Å²) in [4.78, 5) is 12.1. The summed E-state index contributed by atoms with van der Waals surface area (Å²) in [6.07, 6.45) is 0. The SMILES string of the molecule is COc1cccc(C(=O)Nc2ccc(OC)c(Cl)c2)c1. The number of benzene rings is 2. The Hall–Kier alpha value is -2.20. The van der Waals surface area contributed by atoms with Gasteiger partial charge in [0.15, 0.2) is 0 Å². The van der Waals surface area contributed by atoms with Crippen LogP contribution in [0.25, 0.3) is 0 Å². The molecule has 2 rings (SSSR count). The monoisotopic (exact) mass is 291 g/mol. The van der Waals surface area contributed by atoms with Gasteiger partial charge in [-0.3, -0.25) is 4.79 Å². The fourth-order valence-corrected chi connectivity index (χ4v) is 1.97. The maximum Gasteiger partial charge on any atom is 0.255 e. The van der Waals surface area contributed by atoms with Gasteiger partial charge in [0.1, 0.15) is 11.5 Å². The van der Waals surface area contributed by atoms with E-state index in [2.05, 4.69) is 5.32 Å². The van der Waals surface area contributed by atoms with E-state index < -0.39 is 0 Å². The topological polar surface area (TPSA) is 47.6 Å². The quantitative estimate of drug-likeness (QED) is 0.936. The van der Waals surface area contributed by atoms with E-state index in [9.17, 15) is 4.79 Å². The minimum Gasteiger partial charge on any atom is -0.497 e. The van der Waals surface area contributed by atoms with Gasteiger partial charge in [-0.05, 0) is 36.4 Å². The minimum absolute atomic E-state index is 0.231. The summed E-state index contributed by atoms with van der Waals surface area (Å²) in [5, 5.41) is 3.21. The van der Waals surface area contributed by atoms with E-state index in [1.165, 1.54) is 7.11 Å². The number of carbonyl (C=O) groups excluding carboxylic acids is 1. The van der Waals surface area contributed by atoms with Crippen molar-refractivity contribution in [1.82, 2.24) is 0 Å². The second kappa shape index (κ2) is 6.30. The number of amides is 1. The van der Waals surface area contributed by atoms with Crippen LogP contribution in [0, 0.1) is 0 Å². The van der Waals surface area contributed by atoms with E-state index >= 15 is 0 Å². The van der Waals surface area contributed by atoms with Gasteiger partial charge >= 0.3 is 0 Å². The lowest BCUT2D eigenvalue weighted by molar-refractivity contribution is 0.102. The van der Waals surface area contributed by atoms with Gasteiger partial charge in [-0.2, -0.15) is 0 Å². The standard InChI is InChI=1S/C15H14ClNO3/c1-19-12-5-3-4-10(8-12)15(18)17-11-6-7-14(20-2)13(16)9-11/h3-9H,1-2H3,(H,17,18). The van der Waals surface area contributed by atoms with E-state index in [0.29, 0.717) is 27.8 Å². The van der Waals surface area contributed by atoms with Gasteiger partial charge in [-0.15, -0.1) is 0 Å². The van der Waals surface area contributed by atoms with Crippen molar-refractivity contribution in [3.8, 4) is 11.5 Å². The molecule has 5 heteroatoms. The molecule has 0 aliphatic rings. The number of anilines is 1. The number of nitrogens with one attached hydrogen (secondary N) is 1. The van der Waals surface area contributed by atoms with E-state index in [4.69, 9.17) is 21.1 Å². The predicted molar refractivity (Wildman–Crippen MR) is 79.0 cm³/mol. The van der Waals surface area contributed by atoms with Gasteiger partial charge in [0.25, 0.3) is 5.91 Å². The molecule has 0 aliphatic carbocycles. The second-order valence-corrected chi connectivity index (χ2v) is 4.44. The van der Waals surface area contributed by atoms with Crippen molar-refractivity contribution < 1.29 is 14.3 Å². The van der Waals surface area contributed by atoms with Crippen LogP contribution >= 0.6 is 11.6 Å². The molecule has 0 heterocycles. The maximum absolute atomic E-state index is 12.1. The molecule has 4 nitrogen and oxygen atoms in total. The third-order valence-electron chi connectivity index (χ3n) is 2.74. The van der Waals surface area contributed by atoms with Crippen molar-refractivity contribution in [2.45, 2.75) is 0 Å². The van der Waals surface area contributed by atoms with Crippen molar-refractivity contribution in [3.05, 3.63) is 53.1 Å². The van der Waals surface area contributed by atoms with Gasteiger partial charge in [0, 0.05) is 11.3 Å². The maximum atomic E-state index is 12.1. The highest BCUT2D eigenvalue weighted by atomic mass is 35.5. The molecule has 0 saturated heterocycles. The van der Waals surface area contributed by atoms with Crippen molar-refractivity contribution in [2.24, 2.45) is 0 Å². The number of hydrogen-bond donors (Lipinski definition) is 1. The third kappa shape index (κ3) is 3.22. The van der Waals surface area contributed by atoms with E-state index in [1.807, 2.05) is 0 Å². The Balaban J connectivity index is 2.16. The molecule has 0 aliphatic heterocycles. The van der Waals surface area contributed by atoms with Crippen LogP contribution in [-0.2, 0) is 0 Å². The van der Waals surface area contributed by atoms with Gasteiger partial charge < -0.3 is 14.8 Å². The van der Waals surface area contributed by atoms with Crippen molar-refractivity contribution in [3.63, 3.8) is 0 Å². The third-order valence-corrected chi connectivity index (χ3v) is 3.04. The van der Waals surface area contributed by atoms with E-state index in [0.717, 1.165) is 0 Å². The van der Waals surface area contributed by atoms with Gasteiger partial charge in [-0.1, -0.05) is 17.7 Å². The Kier molecular flexibility index (Phi) is 4.48. The summed E-state index contributed by atoms with van der Waals surface area (Å²) in [6, 6.07) is 12.0. The highest BCUT2D eigenvalue weighted by Gasteiger charge is 2.08. The molecule has 0 bridgehead atoms. The first kappa shape index (κ1) is 14.2. The molecule has 0 fully saturated rings. The number of halogens is 1. The fraction of sp³-hybridized carbons (Fsp3) is 0.133. The molecule has 0 aromatic heterocycles. The fourth-order valence-electron chi connectivity index (χ4n) is 1.71. The largest absolute Gasteiger partial charge is 0.497 e. The molecule has 0 atom stereocenters. The molecule has 0 radical (unpaired) electrons. The number of hydrogen-bond acceptors (Lipinski definition) is 3. The molecule has 0 spiro atoms. The molecular formula is C15H14ClNO3. The van der Waals surface area contributed by atoms with Gasteiger partial charge in [0.2, 0.25) is 0 Å². The van der Waals surface area contributed by atoms with E-state index in [1.54, 1.807) is 49.6 Å². The zero-order chi connectivity index (χ0) is 14.5. The molecule has 0 saturated carbocycles.